The van der Waals surface area contributed by atoms with Crippen LogP contribution in [0.4, 0.5) is 4.79 Å². The number of likely N-dealkylation sites (tertiary alicyclic amines) is 1. The highest BCUT2D eigenvalue weighted by Gasteiger charge is 2.43. The molecular weight excluding hydrogens is 292 g/mol. The van der Waals surface area contributed by atoms with Crippen molar-refractivity contribution in [3.8, 4) is 6.19 Å². The van der Waals surface area contributed by atoms with Gasteiger partial charge in [0.05, 0.1) is 12.6 Å². The Morgan fingerprint density at radius 2 is 2.13 bits per heavy atom. The number of benzene rings is 1. The lowest BCUT2D eigenvalue weighted by molar-refractivity contribution is -0.0727. The normalized spacial score (nSPS) is 27.6. The average Bonchev–Trinajstić information content (AvgIpc) is 3.10. The first-order chi connectivity index (χ1) is 11.2. The Kier molecular flexibility index (Phi) is 4.68. The van der Waals surface area contributed by atoms with Gasteiger partial charge in [-0.05, 0) is 12.0 Å². The Labute approximate surface area is 136 Å². The molecule has 2 heterocycles. The van der Waals surface area contributed by atoms with Crippen LogP contribution in [0.3, 0.4) is 0 Å². The Morgan fingerprint density at radius 3 is 2.78 bits per heavy atom. The summed E-state index contributed by atoms with van der Waals surface area (Å²) in [7, 11) is 1.66. The Morgan fingerprint density at radius 1 is 1.35 bits per heavy atom. The summed E-state index contributed by atoms with van der Waals surface area (Å²) in [5, 5.41) is 11.9. The van der Waals surface area contributed by atoms with Gasteiger partial charge in [-0.3, -0.25) is 0 Å². The largest absolute Gasteiger partial charge is 0.370 e. The lowest BCUT2D eigenvalue weighted by atomic mass is 9.88. The zero-order valence-electron chi connectivity index (χ0n) is 13.3. The van der Waals surface area contributed by atoms with Crippen molar-refractivity contribution in [2.24, 2.45) is 5.92 Å². The number of carbonyl (C=O) groups excluding carboxylic acids is 1. The van der Waals surface area contributed by atoms with Gasteiger partial charge in [0.1, 0.15) is 6.10 Å². The van der Waals surface area contributed by atoms with Crippen LogP contribution in [0.2, 0.25) is 0 Å². The van der Waals surface area contributed by atoms with Gasteiger partial charge in [0.15, 0.2) is 6.19 Å². The van der Waals surface area contributed by atoms with E-state index in [2.05, 4.69) is 11.5 Å². The summed E-state index contributed by atoms with van der Waals surface area (Å²) < 4.78 is 6.06. The summed E-state index contributed by atoms with van der Waals surface area (Å²) in [6.45, 7) is 2.54. The van der Waals surface area contributed by atoms with Crippen LogP contribution >= 0.6 is 0 Å². The van der Waals surface area contributed by atoms with Crippen LogP contribution in [0.5, 0.6) is 0 Å². The molecule has 1 N–H and O–H groups in total. The monoisotopic (exact) mass is 314 g/mol. The summed E-state index contributed by atoms with van der Waals surface area (Å²) in [6, 6.07) is 9.92. The van der Waals surface area contributed by atoms with Gasteiger partial charge in [0.25, 0.3) is 0 Å². The third kappa shape index (κ3) is 3.10. The Hall–Kier alpha value is -2.26. The minimum absolute atomic E-state index is 0.0514. The summed E-state index contributed by atoms with van der Waals surface area (Å²) in [4.78, 5) is 16.0. The van der Waals surface area contributed by atoms with Crippen molar-refractivity contribution >= 4 is 6.03 Å². The van der Waals surface area contributed by atoms with E-state index in [1.54, 1.807) is 11.9 Å². The number of hydrogen-bond donors (Lipinski definition) is 1. The smallest absolute Gasteiger partial charge is 0.317 e. The molecule has 6 heteroatoms. The van der Waals surface area contributed by atoms with E-state index >= 15 is 0 Å². The lowest BCUT2D eigenvalue weighted by Gasteiger charge is -2.44. The molecule has 2 aliphatic heterocycles. The third-order valence-electron chi connectivity index (χ3n) is 4.75. The fourth-order valence-corrected chi connectivity index (χ4v) is 3.66. The molecule has 2 saturated heterocycles. The van der Waals surface area contributed by atoms with E-state index in [-0.39, 0.29) is 24.1 Å². The van der Waals surface area contributed by atoms with Gasteiger partial charge in [-0.25, -0.2) is 4.79 Å². The summed E-state index contributed by atoms with van der Waals surface area (Å²) in [6.07, 6.45) is 2.97. The van der Waals surface area contributed by atoms with Crippen LogP contribution in [-0.4, -0.2) is 55.2 Å². The molecule has 0 spiro atoms. The highest BCUT2D eigenvalue weighted by molar-refractivity contribution is 5.74. The third-order valence-corrected chi connectivity index (χ3v) is 4.75. The SMILES string of the molecule is CNC(=O)N1CCOC(c2ccccc2)C1[C@@H]1CCN(C#N)C1. The number of ether oxygens (including phenoxy) is 1. The molecule has 0 aromatic heterocycles. The summed E-state index contributed by atoms with van der Waals surface area (Å²) in [5.74, 6) is 0.234. The minimum Gasteiger partial charge on any atom is -0.370 e. The van der Waals surface area contributed by atoms with Crippen LogP contribution in [-0.2, 0) is 4.74 Å². The van der Waals surface area contributed by atoms with Crippen molar-refractivity contribution in [3.05, 3.63) is 35.9 Å². The van der Waals surface area contributed by atoms with Gasteiger partial charge < -0.3 is 19.9 Å². The lowest BCUT2D eigenvalue weighted by Crippen LogP contribution is -2.56. The predicted octanol–water partition coefficient (Wildman–Crippen LogP) is 1.57. The maximum absolute atomic E-state index is 12.3. The molecule has 3 atom stereocenters. The molecule has 2 fully saturated rings. The molecule has 2 amide bonds. The van der Waals surface area contributed by atoms with Gasteiger partial charge in [0.2, 0.25) is 0 Å². The second-order valence-corrected chi connectivity index (χ2v) is 6.04. The maximum Gasteiger partial charge on any atom is 0.317 e. The number of amides is 2. The van der Waals surface area contributed by atoms with Crippen LogP contribution in [0, 0.1) is 17.4 Å². The molecule has 0 aliphatic carbocycles. The van der Waals surface area contributed by atoms with Crippen LogP contribution in [0.25, 0.3) is 0 Å². The van der Waals surface area contributed by atoms with Crippen LogP contribution < -0.4 is 5.32 Å². The van der Waals surface area contributed by atoms with Crippen molar-refractivity contribution < 1.29 is 9.53 Å². The van der Waals surface area contributed by atoms with E-state index in [9.17, 15) is 4.79 Å². The van der Waals surface area contributed by atoms with E-state index in [0.29, 0.717) is 19.7 Å². The number of rotatable bonds is 2. The second kappa shape index (κ2) is 6.88. The molecule has 1 aromatic carbocycles. The van der Waals surface area contributed by atoms with Crippen molar-refractivity contribution in [2.45, 2.75) is 18.6 Å². The highest BCUT2D eigenvalue weighted by Crippen LogP contribution is 2.36. The molecule has 23 heavy (non-hydrogen) atoms. The van der Waals surface area contributed by atoms with Crippen molar-refractivity contribution in [1.29, 1.82) is 5.26 Å². The topological polar surface area (TPSA) is 68.6 Å². The minimum atomic E-state index is -0.147. The number of carbonyl (C=O) groups is 1. The standard InChI is InChI=1S/C17H22N4O2/c1-19-17(22)21-9-10-23-16(13-5-3-2-4-6-13)15(21)14-7-8-20(11-14)12-18/h2-6,14-16H,7-11H2,1H3,(H,19,22)/t14-,15?,16?/m1/s1. The first-order valence-corrected chi connectivity index (χ1v) is 8.04. The molecule has 0 saturated carbocycles. The Balaban J connectivity index is 1.90. The van der Waals surface area contributed by atoms with Gasteiger partial charge in [-0.2, -0.15) is 5.26 Å². The number of morpholine rings is 1. The van der Waals surface area contributed by atoms with E-state index in [1.807, 2.05) is 35.2 Å². The Bertz CT molecular complexity index is 586. The van der Waals surface area contributed by atoms with Gasteiger partial charge in [-0.1, -0.05) is 30.3 Å². The first-order valence-electron chi connectivity index (χ1n) is 8.04. The molecule has 0 radical (unpaired) electrons. The molecule has 2 aliphatic rings. The molecule has 2 unspecified atom stereocenters. The molecule has 6 nitrogen and oxygen atoms in total. The summed E-state index contributed by atoms with van der Waals surface area (Å²) in [5.41, 5.74) is 1.08. The van der Waals surface area contributed by atoms with E-state index in [4.69, 9.17) is 10.00 Å². The van der Waals surface area contributed by atoms with Crippen molar-refractivity contribution in [2.75, 3.05) is 33.3 Å². The molecule has 0 bridgehead atoms. The highest BCUT2D eigenvalue weighted by atomic mass is 16.5. The van der Waals surface area contributed by atoms with E-state index in [0.717, 1.165) is 18.5 Å². The average molecular weight is 314 g/mol. The van der Waals surface area contributed by atoms with E-state index in [1.165, 1.54) is 0 Å². The first kappa shape index (κ1) is 15.6. The van der Waals surface area contributed by atoms with E-state index < -0.39 is 0 Å². The number of nitrogens with one attached hydrogen (secondary N) is 1. The molecule has 122 valence electrons. The predicted molar refractivity (Wildman–Crippen MR) is 85.4 cm³/mol. The quantitative estimate of drug-likeness (QED) is 0.841. The zero-order valence-corrected chi connectivity index (χ0v) is 13.3. The number of hydrogen-bond acceptors (Lipinski definition) is 4. The number of nitrogens with zero attached hydrogens (tertiary/aromatic N) is 3. The number of urea groups is 1. The van der Waals surface area contributed by atoms with Crippen LogP contribution in [0.1, 0.15) is 18.1 Å². The van der Waals surface area contributed by atoms with Gasteiger partial charge in [-0.15, -0.1) is 0 Å². The van der Waals surface area contributed by atoms with Gasteiger partial charge >= 0.3 is 6.03 Å². The van der Waals surface area contributed by atoms with Crippen LogP contribution in [0.15, 0.2) is 30.3 Å². The maximum atomic E-state index is 12.3. The second-order valence-electron chi connectivity index (χ2n) is 6.04. The molecule has 1 aromatic rings. The van der Waals surface area contributed by atoms with Crippen molar-refractivity contribution in [1.82, 2.24) is 15.1 Å². The van der Waals surface area contributed by atoms with Crippen molar-refractivity contribution in [3.63, 3.8) is 0 Å². The molecular formula is C17H22N4O2. The summed E-state index contributed by atoms with van der Waals surface area (Å²) >= 11 is 0. The fraction of sp³-hybridized carbons (Fsp3) is 0.529. The number of nitriles is 1. The zero-order chi connectivity index (χ0) is 16.2. The van der Waals surface area contributed by atoms with Gasteiger partial charge in [0, 0.05) is 32.6 Å². The fourth-order valence-electron chi connectivity index (χ4n) is 3.66. The molecule has 3 rings (SSSR count).